The minimum atomic E-state index is -3.88. The second kappa shape index (κ2) is 11.4. The molecule has 11 heteroatoms. The van der Waals surface area contributed by atoms with Gasteiger partial charge in [0.25, 0.3) is 11.8 Å². The molecule has 37 heavy (non-hydrogen) atoms. The van der Waals surface area contributed by atoms with E-state index in [0.29, 0.717) is 28.5 Å². The van der Waals surface area contributed by atoms with Gasteiger partial charge in [0.1, 0.15) is 11.8 Å². The normalized spacial score (nSPS) is 15.1. The van der Waals surface area contributed by atoms with E-state index in [4.69, 9.17) is 9.94 Å². The summed E-state index contributed by atoms with van der Waals surface area (Å²) in [5, 5.41) is 11.9. The standard InChI is InChI=1S/C26H29N3O6S2/c1-3-5-13-35-20-11-9-17(10-12-20)25(30)27-19-8-6-7-18(14-19)22-15-24-23(36-22)16-29(37(24,33)34)21(4-2)26(31)28-32/h6-12,14-15,21,32H,3-5,13,16H2,1-2H3,(H,27,30)(H,28,31). The quantitative estimate of drug-likeness (QED) is 0.194. The van der Waals surface area contributed by atoms with Gasteiger partial charge in [-0.2, -0.15) is 4.31 Å². The van der Waals surface area contributed by atoms with Gasteiger partial charge in [-0.1, -0.05) is 32.4 Å². The molecule has 0 aliphatic carbocycles. The van der Waals surface area contributed by atoms with Gasteiger partial charge in [-0.25, -0.2) is 13.9 Å². The largest absolute Gasteiger partial charge is 0.494 e. The van der Waals surface area contributed by atoms with Crippen molar-refractivity contribution in [3.8, 4) is 16.2 Å². The molecule has 4 rings (SSSR count). The maximum Gasteiger partial charge on any atom is 0.261 e. The summed E-state index contributed by atoms with van der Waals surface area (Å²) in [6, 6.07) is 14.8. The molecule has 9 nitrogen and oxygen atoms in total. The Kier molecular flexibility index (Phi) is 8.28. The molecule has 3 N–H and O–H groups in total. The molecule has 1 aromatic heterocycles. The second-order valence-electron chi connectivity index (χ2n) is 8.61. The van der Waals surface area contributed by atoms with Crippen LogP contribution in [0.15, 0.2) is 59.5 Å². The third kappa shape index (κ3) is 5.69. The highest BCUT2D eigenvalue weighted by molar-refractivity contribution is 7.89. The van der Waals surface area contributed by atoms with Crippen LogP contribution < -0.4 is 15.5 Å². The number of thiophene rings is 1. The zero-order valence-electron chi connectivity index (χ0n) is 20.6. The molecule has 0 bridgehead atoms. The monoisotopic (exact) mass is 543 g/mol. The number of hydroxylamine groups is 1. The molecule has 2 amide bonds. The predicted octanol–water partition coefficient (Wildman–Crippen LogP) is 4.63. The average molecular weight is 544 g/mol. The topological polar surface area (TPSA) is 125 Å². The SMILES string of the molecule is CCCCOc1ccc(C(=O)Nc2cccc(-c3cc4c(s3)CN(C(CC)C(=O)NO)S4(=O)=O)c2)cc1. The Labute approximate surface area is 220 Å². The van der Waals surface area contributed by atoms with E-state index in [1.54, 1.807) is 60.9 Å². The Morgan fingerprint density at radius 1 is 1.14 bits per heavy atom. The summed E-state index contributed by atoms with van der Waals surface area (Å²) < 4.78 is 33.0. The maximum atomic E-state index is 13.1. The summed E-state index contributed by atoms with van der Waals surface area (Å²) in [6.07, 6.45) is 2.24. The molecule has 1 aliphatic rings. The lowest BCUT2D eigenvalue weighted by molar-refractivity contribution is -0.133. The smallest absolute Gasteiger partial charge is 0.261 e. The Morgan fingerprint density at radius 2 is 1.89 bits per heavy atom. The number of hydrogen-bond donors (Lipinski definition) is 3. The molecule has 3 aromatic rings. The van der Waals surface area contributed by atoms with Gasteiger partial charge in [0.15, 0.2) is 0 Å². The third-order valence-corrected chi connectivity index (χ3v) is 9.31. The molecule has 1 unspecified atom stereocenters. The molecule has 0 radical (unpaired) electrons. The van der Waals surface area contributed by atoms with Crippen LogP contribution in [-0.2, 0) is 21.4 Å². The van der Waals surface area contributed by atoms with Gasteiger partial charge in [-0.05, 0) is 60.9 Å². The lowest BCUT2D eigenvalue weighted by Crippen LogP contribution is -2.45. The first-order valence-electron chi connectivity index (χ1n) is 12.0. The zero-order chi connectivity index (χ0) is 26.6. The minimum Gasteiger partial charge on any atom is -0.494 e. The Hall–Kier alpha value is -3.25. The van der Waals surface area contributed by atoms with Crippen molar-refractivity contribution in [3.05, 3.63) is 65.0 Å². The molecular weight excluding hydrogens is 514 g/mol. The molecule has 2 aromatic carbocycles. The summed E-state index contributed by atoms with van der Waals surface area (Å²) >= 11 is 1.32. The van der Waals surface area contributed by atoms with Gasteiger partial charge in [0.2, 0.25) is 10.0 Å². The van der Waals surface area contributed by atoms with Gasteiger partial charge < -0.3 is 10.1 Å². The minimum absolute atomic E-state index is 0.0584. The number of rotatable bonds is 10. The fourth-order valence-electron chi connectivity index (χ4n) is 4.10. The first-order valence-corrected chi connectivity index (χ1v) is 14.3. The maximum absolute atomic E-state index is 13.1. The molecule has 1 atom stereocenters. The highest BCUT2D eigenvalue weighted by Crippen LogP contribution is 2.42. The van der Waals surface area contributed by atoms with Crippen molar-refractivity contribution in [2.45, 2.75) is 50.6 Å². The molecule has 0 spiro atoms. The van der Waals surface area contributed by atoms with E-state index in [0.717, 1.165) is 27.6 Å². The number of unbranched alkanes of at least 4 members (excludes halogenated alkanes) is 1. The number of anilines is 1. The van der Waals surface area contributed by atoms with Gasteiger partial charge in [0.05, 0.1) is 18.0 Å². The summed E-state index contributed by atoms with van der Waals surface area (Å²) in [5.74, 6) is -0.311. The van der Waals surface area contributed by atoms with Crippen LogP contribution in [0.5, 0.6) is 5.75 Å². The average Bonchev–Trinajstić information content (AvgIpc) is 3.43. The predicted molar refractivity (Wildman–Crippen MR) is 141 cm³/mol. The van der Waals surface area contributed by atoms with Crippen LogP contribution in [0.1, 0.15) is 48.3 Å². The van der Waals surface area contributed by atoms with Crippen LogP contribution in [0.2, 0.25) is 0 Å². The number of ether oxygens (including phenoxy) is 1. The van der Waals surface area contributed by atoms with Crippen molar-refractivity contribution in [1.82, 2.24) is 9.79 Å². The van der Waals surface area contributed by atoms with Crippen LogP contribution in [0, 0.1) is 0 Å². The first-order chi connectivity index (χ1) is 17.8. The zero-order valence-corrected chi connectivity index (χ0v) is 22.2. The van der Waals surface area contributed by atoms with Crippen molar-refractivity contribution < 1.29 is 28.0 Å². The van der Waals surface area contributed by atoms with Crippen molar-refractivity contribution >= 4 is 38.9 Å². The number of benzene rings is 2. The molecule has 196 valence electrons. The van der Waals surface area contributed by atoms with Crippen LogP contribution in [0.3, 0.4) is 0 Å². The molecule has 2 heterocycles. The Balaban J connectivity index is 1.48. The van der Waals surface area contributed by atoms with Crippen LogP contribution in [-0.4, -0.2) is 42.4 Å². The van der Waals surface area contributed by atoms with Crippen LogP contribution in [0.4, 0.5) is 5.69 Å². The molecule has 0 fully saturated rings. The lowest BCUT2D eigenvalue weighted by atomic mass is 10.1. The number of amides is 2. The van der Waals surface area contributed by atoms with Gasteiger partial charge in [0, 0.05) is 21.0 Å². The van der Waals surface area contributed by atoms with Crippen molar-refractivity contribution in [1.29, 1.82) is 0 Å². The number of sulfonamides is 1. The van der Waals surface area contributed by atoms with Gasteiger partial charge in [-0.3, -0.25) is 14.8 Å². The fourth-order valence-corrected chi connectivity index (χ4v) is 7.50. The first kappa shape index (κ1) is 26.8. The van der Waals surface area contributed by atoms with E-state index < -0.39 is 22.0 Å². The number of fused-ring (bicyclic) bond motifs is 1. The molecule has 0 saturated carbocycles. The van der Waals surface area contributed by atoms with Gasteiger partial charge >= 0.3 is 0 Å². The van der Waals surface area contributed by atoms with E-state index in [1.807, 2.05) is 6.07 Å². The second-order valence-corrected chi connectivity index (χ2v) is 11.6. The van der Waals surface area contributed by atoms with Crippen molar-refractivity contribution in [2.24, 2.45) is 0 Å². The number of carbonyl (C=O) groups is 2. The van der Waals surface area contributed by atoms with E-state index >= 15 is 0 Å². The molecular formula is C26H29N3O6S2. The number of nitrogens with zero attached hydrogens (tertiary/aromatic N) is 1. The number of nitrogens with one attached hydrogen (secondary N) is 2. The fraction of sp³-hybridized carbons (Fsp3) is 0.308. The lowest BCUT2D eigenvalue weighted by Gasteiger charge is -2.23. The molecule has 0 saturated heterocycles. The highest BCUT2D eigenvalue weighted by Gasteiger charge is 2.43. The van der Waals surface area contributed by atoms with Crippen LogP contribution >= 0.6 is 11.3 Å². The van der Waals surface area contributed by atoms with E-state index in [9.17, 15) is 18.0 Å². The van der Waals surface area contributed by atoms with E-state index in [2.05, 4.69) is 12.2 Å². The summed E-state index contributed by atoms with van der Waals surface area (Å²) in [7, 11) is -3.88. The Morgan fingerprint density at radius 3 is 2.54 bits per heavy atom. The number of carbonyl (C=O) groups excluding carboxylic acids is 2. The van der Waals surface area contributed by atoms with E-state index in [-0.39, 0.29) is 23.8 Å². The van der Waals surface area contributed by atoms with E-state index in [1.165, 1.54) is 11.3 Å². The van der Waals surface area contributed by atoms with Crippen LogP contribution in [0.25, 0.3) is 10.4 Å². The summed E-state index contributed by atoms with van der Waals surface area (Å²) in [6.45, 7) is 4.47. The third-order valence-electron chi connectivity index (χ3n) is 6.09. The Bertz CT molecular complexity index is 1390. The van der Waals surface area contributed by atoms with Gasteiger partial charge in [-0.15, -0.1) is 11.3 Å². The molecule has 1 aliphatic heterocycles. The number of hydrogen-bond acceptors (Lipinski definition) is 7. The van der Waals surface area contributed by atoms with Crippen molar-refractivity contribution in [2.75, 3.05) is 11.9 Å². The van der Waals surface area contributed by atoms with Crippen molar-refractivity contribution in [3.63, 3.8) is 0 Å². The summed E-state index contributed by atoms with van der Waals surface area (Å²) in [5.41, 5.74) is 3.38. The highest BCUT2D eigenvalue weighted by atomic mass is 32.2. The summed E-state index contributed by atoms with van der Waals surface area (Å²) in [4.78, 5) is 26.2.